The lowest BCUT2D eigenvalue weighted by Crippen LogP contribution is -2.31. The maximum absolute atomic E-state index is 15.0. The second-order valence-electron chi connectivity index (χ2n) is 9.49. The lowest BCUT2D eigenvalue weighted by Gasteiger charge is -2.42. The topological polar surface area (TPSA) is 50.1 Å². The molecule has 0 aliphatic heterocycles. The molecule has 2 aromatic rings. The maximum Gasteiger partial charge on any atom is 0.343 e. The van der Waals surface area contributed by atoms with Crippen molar-refractivity contribution in [1.82, 2.24) is 0 Å². The number of rotatable bonds is 5. The summed E-state index contributed by atoms with van der Waals surface area (Å²) in [5.74, 6) is -1.68. The Kier molecular flexibility index (Phi) is 7.07. The van der Waals surface area contributed by atoms with E-state index in [1.165, 1.54) is 37.8 Å². The Morgan fingerprint density at radius 3 is 2.36 bits per heavy atom. The van der Waals surface area contributed by atoms with E-state index in [2.05, 4.69) is 6.92 Å². The van der Waals surface area contributed by atoms with Crippen molar-refractivity contribution in [3.8, 4) is 11.8 Å². The molecule has 0 radical (unpaired) electrons. The zero-order chi connectivity index (χ0) is 23.5. The average molecular weight is 456 g/mol. The Bertz CT molecular complexity index is 1050. The smallest absolute Gasteiger partial charge is 0.343 e. The van der Waals surface area contributed by atoms with Gasteiger partial charge >= 0.3 is 5.97 Å². The van der Waals surface area contributed by atoms with Crippen LogP contribution in [0.25, 0.3) is 0 Å². The number of hydrogen-bond donors (Lipinski definition) is 0. The molecule has 2 aliphatic rings. The number of benzene rings is 2. The summed E-state index contributed by atoms with van der Waals surface area (Å²) in [6.07, 6.45) is 8.56. The van der Waals surface area contributed by atoms with Gasteiger partial charge in [-0.25, -0.2) is 18.0 Å². The number of ether oxygens (including phenoxy) is 1. The van der Waals surface area contributed by atoms with E-state index < -0.39 is 23.4 Å². The molecule has 0 N–H and O–H groups in total. The number of nitrogens with zero attached hydrogens (tertiary/aromatic N) is 1. The van der Waals surface area contributed by atoms with Gasteiger partial charge in [-0.3, -0.25) is 0 Å². The van der Waals surface area contributed by atoms with Crippen LogP contribution in [-0.2, 0) is 0 Å². The fourth-order valence-corrected chi connectivity index (χ4v) is 5.83. The second kappa shape index (κ2) is 9.99. The molecule has 2 aromatic carbocycles. The van der Waals surface area contributed by atoms with Gasteiger partial charge in [-0.05, 0) is 80.0 Å². The van der Waals surface area contributed by atoms with Gasteiger partial charge in [0.2, 0.25) is 0 Å². The van der Waals surface area contributed by atoms with Crippen molar-refractivity contribution < 1.29 is 22.7 Å². The Hall–Kier alpha value is -2.81. The van der Waals surface area contributed by atoms with Gasteiger partial charge in [0.15, 0.2) is 0 Å². The van der Waals surface area contributed by atoms with E-state index in [-0.39, 0.29) is 28.4 Å². The first-order chi connectivity index (χ1) is 15.9. The Morgan fingerprint density at radius 1 is 1.00 bits per heavy atom. The molecular formula is C27H28F3NO2. The van der Waals surface area contributed by atoms with E-state index >= 15 is 8.78 Å². The normalized spacial score (nSPS) is 24.6. The molecular weight excluding hydrogens is 427 g/mol. The van der Waals surface area contributed by atoms with Gasteiger partial charge in [-0.1, -0.05) is 26.2 Å². The SMILES string of the molecule is CCC[C@H]1CC[C@@H]2CC(c3c(F)cc(C(=O)Oc4ccc(C#N)c(F)c4)cc3F)CC[C@H]2C1. The largest absolute Gasteiger partial charge is 0.423 e. The van der Waals surface area contributed by atoms with Crippen LogP contribution >= 0.6 is 0 Å². The third kappa shape index (κ3) is 5.08. The minimum Gasteiger partial charge on any atom is -0.423 e. The van der Waals surface area contributed by atoms with Crippen LogP contribution < -0.4 is 4.74 Å². The van der Waals surface area contributed by atoms with Gasteiger partial charge in [0, 0.05) is 11.6 Å². The van der Waals surface area contributed by atoms with Crippen molar-refractivity contribution in [3.05, 3.63) is 64.5 Å². The summed E-state index contributed by atoms with van der Waals surface area (Å²) >= 11 is 0. The highest BCUT2D eigenvalue weighted by Crippen LogP contribution is 2.49. The molecule has 4 rings (SSSR count). The first kappa shape index (κ1) is 23.4. The number of carbonyl (C=O) groups is 1. The highest BCUT2D eigenvalue weighted by atomic mass is 19.1. The Labute approximate surface area is 192 Å². The van der Waals surface area contributed by atoms with E-state index in [1.54, 1.807) is 6.07 Å². The average Bonchev–Trinajstić information content (AvgIpc) is 2.79. The summed E-state index contributed by atoms with van der Waals surface area (Å²) in [6.45, 7) is 2.22. The first-order valence-electron chi connectivity index (χ1n) is 11.8. The minimum absolute atomic E-state index is 0.0603. The summed E-state index contributed by atoms with van der Waals surface area (Å²) in [6, 6.07) is 7.01. The predicted octanol–water partition coefficient (Wildman–Crippen LogP) is 7.29. The van der Waals surface area contributed by atoms with Crippen LogP contribution in [0.3, 0.4) is 0 Å². The van der Waals surface area contributed by atoms with E-state index in [4.69, 9.17) is 10.00 Å². The lowest BCUT2D eigenvalue weighted by molar-refractivity contribution is 0.0733. The number of halogens is 3. The van der Waals surface area contributed by atoms with Gasteiger partial charge in [0.05, 0.1) is 11.1 Å². The molecule has 2 aliphatic carbocycles. The van der Waals surface area contributed by atoms with Gasteiger partial charge in [-0.2, -0.15) is 5.26 Å². The van der Waals surface area contributed by atoms with Gasteiger partial charge in [-0.15, -0.1) is 0 Å². The predicted molar refractivity (Wildman–Crippen MR) is 118 cm³/mol. The number of carbonyl (C=O) groups excluding carboxylic acids is 1. The highest BCUT2D eigenvalue weighted by Gasteiger charge is 2.37. The number of esters is 1. The molecule has 0 aromatic heterocycles. The van der Waals surface area contributed by atoms with Crippen LogP contribution in [0.15, 0.2) is 30.3 Å². The van der Waals surface area contributed by atoms with E-state index in [0.717, 1.165) is 49.8 Å². The van der Waals surface area contributed by atoms with Crippen LogP contribution in [-0.4, -0.2) is 5.97 Å². The second-order valence-corrected chi connectivity index (χ2v) is 9.49. The molecule has 0 bridgehead atoms. The summed E-state index contributed by atoms with van der Waals surface area (Å²) in [5, 5.41) is 8.78. The number of fused-ring (bicyclic) bond motifs is 1. The van der Waals surface area contributed by atoms with E-state index in [1.807, 2.05) is 0 Å². The van der Waals surface area contributed by atoms with Crippen molar-refractivity contribution in [1.29, 1.82) is 5.26 Å². The molecule has 0 heterocycles. The fourth-order valence-electron chi connectivity index (χ4n) is 5.83. The third-order valence-corrected chi connectivity index (χ3v) is 7.41. The summed E-state index contributed by atoms with van der Waals surface area (Å²) in [7, 11) is 0. The lowest BCUT2D eigenvalue weighted by atomic mass is 9.63. The van der Waals surface area contributed by atoms with E-state index in [9.17, 15) is 9.18 Å². The summed E-state index contributed by atoms with van der Waals surface area (Å²) in [4.78, 5) is 12.4. The Morgan fingerprint density at radius 2 is 1.70 bits per heavy atom. The first-order valence-corrected chi connectivity index (χ1v) is 11.8. The molecule has 1 unspecified atom stereocenters. The van der Waals surface area contributed by atoms with Crippen LogP contribution in [0.1, 0.15) is 85.7 Å². The maximum atomic E-state index is 15.0. The quantitative estimate of drug-likeness (QED) is 0.351. The Balaban J connectivity index is 1.46. The molecule has 33 heavy (non-hydrogen) atoms. The highest BCUT2D eigenvalue weighted by molar-refractivity contribution is 5.91. The van der Waals surface area contributed by atoms with Crippen molar-refractivity contribution >= 4 is 5.97 Å². The number of hydrogen-bond acceptors (Lipinski definition) is 3. The molecule has 3 nitrogen and oxygen atoms in total. The molecule has 0 saturated heterocycles. The monoisotopic (exact) mass is 455 g/mol. The van der Waals surface area contributed by atoms with Gasteiger partial charge in [0.1, 0.15) is 29.3 Å². The zero-order valence-corrected chi connectivity index (χ0v) is 18.8. The third-order valence-electron chi connectivity index (χ3n) is 7.41. The van der Waals surface area contributed by atoms with Crippen LogP contribution in [0.5, 0.6) is 5.75 Å². The molecule has 0 amide bonds. The van der Waals surface area contributed by atoms with Crippen LogP contribution in [0, 0.1) is 46.5 Å². The molecule has 174 valence electrons. The van der Waals surface area contributed by atoms with Crippen molar-refractivity contribution in [2.75, 3.05) is 0 Å². The molecule has 6 heteroatoms. The molecule has 2 saturated carbocycles. The fraction of sp³-hybridized carbons (Fsp3) is 0.481. The molecule has 0 spiro atoms. The molecule has 2 fully saturated rings. The van der Waals surface area contributed by atoms with Crippen LogP contribution in [0.2, 0.25) is 0 Å². The van der Waals surface area contributed by atoms with Crippen LogP contribution in [0.4, 0.5) is 13.2 Å². The van der Waals surface area contributed by atoms with E-state index in [0.29, 0.717) is 11.8 Å². The van der Waals surface area contributed by atoms with Crippen molar-refractivity contribution in [3.63, 3.8) is 0 Å². The summed E-state index contributed by atoms with van der Waals surface area (Å²) < 4.78 is 48.8. The zero-order valence-electron chi connectivity index (χ0n) is 18.8. The van der Waals surface area contributed by atoms with Gasteiger partial charge in [0.25, 0.3) is 0 Å². The molecule has 4 atom stereocenters. The number of nitriles is 1. The summed E-state index contributed by atoms with van der Waals surface area (Å²) in [5.41, 5.74) is -0.401. The van der Waals surface area contributed by atoms with Gasteiger partial charge < -0.3 is 4.74 Å². The van der Waals surface area contributed by atoms with Crippen molar-refractivity contribution in [2.24, 2.45) is 17.8 Å². The standard InChI is InChI=1S/C27H28F3NO2/c1-2-3-16-4-5-18-11-19(7-6-17(18)10-16)26-24(29)12-21(13-25(26)30)27(32)33-22-9-8-20(15-31)23(28)14-22/h8-9,12-14,16-19H,2-7,10-11H2,1H3/t16-,17-,18+,19?/m0/s1. The minimum atomic E-state index is -0.985. The van der Waals surface area contributed by atoms with Crippen molar-refractivity contribution in [2.45, 2.75) is 64.2 Å².